The van der Waals surface area contributed by atoms with Crippen LogP contribution in [-0.2, 0) is 6.61 Å². The van der Waals surface area contributed by atoms with Crippen LogP contribution in [0.2, 0.25) is 0 Å². The van der Waals surface area contributed by atoms with E-state index in [0.29, 0.717) is 12.3 Å². The van der Waals surface area contributed by atoms with E-state index in [4.69, 9.17) is 4.74 Å². The van der Waals surface area contributed by atoms with Gasteiger partial charge in [-0.3, -0.25) is 4.79 Å². The van der Waals surface area contributed by atoms with Crippen molar-refractivity contribution in [3.8, 4) is 16.3 Å². The molecule has 4 rings (SSSR count). The van der Waals surface area contributed by atoms with Crippen LogP contribution in [0.3, 0.4) is 0 Å². The van der Waals surface area contributed by atoms with E-state index in [2.05, 4.69) is 42.3 Å². The third-order valence-electron chi connectivity index (χ3n) is 5.05. The number of carbonyl (C=O) groups excluding carboxylic acids is 1. The fraction of sp³-hybridized carbons (Fsp3) is 0.154. The predicted octanol–water partition coefficient (Wildman–Crippen LogP) is 6.57. The molecule has 0 saturated heterocycles. The zero-order valence-electron chi connectivity index (χ0n) is 17.8. The summed E-state index contributed by atoms with van der Waals surface area (Å²) in [5, 5.41) is 5.47. The van der Waals surface area contributed by atoms with Crippen molar-refractivity contribution < 1.29 is 9.53 Å². The lowest BCUT2D eigenvalue weighted by Gasteiger charge is -2.10. The Labute approximate surface area is 186 Å². The molecule has 1 amide bonds. The second-order valence-corrected chi connectivity index (χ2v) is 8.46. The van der Waals surface area contributed by atoms with Crippen LogP contribution in [0.25, 0.3) is 10.6 Å². The van der Waals surface area contributed by atoms with Crippen LogP contribution in [0, 0.1) is 20.8 Å². The SMILES string of the molecule is Cc1ccc(NC(=O)c2csc(-c3ccc(OCc4cc(C)ccc4C)cc3)n2)cc1. The van der Waals surface area contributed by atoms with E-state index in [1.807, 2.05) is 55.5 Å². The maximum atomic E-state index is 12.5. The van der Waals surface area contributed by atoms with Gasteiger partial charge in [-0.15, -0.1) is 11.3 Å². The van der Waals surface area contributed by atoms with E-state index in [-0.39, 0.29) is 5.91 Å². The summed E-state index contributed by atoms with van der Waals surface area (Å²) in [5.41, 5.74) is 6.92. The van der Waals surface area contributed by atoms with Gasteiger partial charge in [0.1, 0.15) is 23.1 Å². The van der Waals surface area contributed by atoms with Gasteiger partial charge in [0.15, 0.2) is 0 Å². The Hall–Kier alpha value is -3.44. The summed E-state index contributed by atoms with van der Waals surface area (Å²) in [5.74, 6) is 0.596. The fourth-order valence-electron chi connectivity index (χ4n) is 3.15. The van der Waals surface area contributed by atoms with Gasteiger partial charge in [-0.2, -0.15) is 0 Å². The minimum Gasteiger partial charge on any atom is -0.489 e. The van der Waals surface area contributed by atoms with Gasteiger partial charge in [-0.1, -0.05) is 41.5 Å². The maximum Gasteiger partial charge on any atom is 0.275 e. The molecule has 3 aromatic carbocycles. The molecule has 0 aliphatic rings. The Kier molecular flexibility index (Phi) is 6.14. The highest BCUT2D eigenvalue weighted by Gasteiger charge is 2.12. The Bertz CT molecular complexity index is 1200. The molecular weight excluding hydrogens is 404 g/mol. The van der Waals surface area contributed by atoms with Crippen molar-refractivity contribution in [3.05, 3.63) is 100 Å². The van der Waals surface area contributed by atoms with Crippen LogP contribution in [0.5, 0.6) is 5.75 Å². The third kappa shape index (κ3) is 5.19. The summed E-state index contributed by atoms with van der Waals surface area (Å²) >= 11 is 1.45. The zero-order chi connectivity index (χ0) is 21.8. The highest BCUT2D eigenvalue weighted by molar-refractivity contribution is 7.13. The molecule has 31 heavy (non-hydrogen) atoms. The van der Waals surface area contributed by atoms with Crippen molar-refractivity contribution in [1.82, 2.24) is 4.98 Å². The van der Waals surface area contributed by atoms with Gasteiger partial charge in [-0.05, 0) is 68.3 Å². The molecule has 1 N–H and O–H groups in total. The molecule has 0 spiro atoms. The first-order valence-corrected chi connectivity index (χ1v) is 11.0. The summed E-state index contributed by atoms with van der Waals surface area (Å²) in [7, 11) is 0. The Morgan fingerprint density at radius 2 is 1.65 bits per heavy atom. The average Bonchev–Trinajstić information content (AvgIpc) is 3.27. The Morgan fingerprint density at radius 1 is 0.935 bits per heavy atom. The number of rotatable bonds is 6. The summed E-state index contributed by atoms with van der Waals surface area (Å²) < 4.78 is 5.96. The van der Waals surface area contributed by atoms with Gasteiger partial charge >= 0.3 is 0 Å². The molecule has 156 valence electrons. The van der Waals surface area contributed by atoms with E-state index in [1.54, 1.807) is 5.38 Å². The number of anilines is 1. The second-order valence-electron chi connectivity index (χ2n) is 7.60. The van der Waals surface area contributed by atoms with Crippen molar-refractivity contribution in [2.45, 2.75) is 27.4 Å². The van der Waals surface area contributed by atoms with Gasteiger partial charge in [0.25, 0.3) is 5.91 Å². The number of amides is 1. The first kappa shape index (κ1) is 20.8. The van der Waals surface area contributed by atoms with Crippen molar-refractivity contribution in [2.75, 3.05) is 5.32 Å². The molecule has 0 unspecified atom stereocenters. The normalized spacial score (nSPS) is 10.7. The largest absolute Gasteiger partial charge is 0.489 e. The molecule has 0 saturated carbocycles. The van der Waals surface area contributed by atoms with E-state index >= 15 is 0 Å². The molecule has 0 aliphatic heterocycles. The summed E-state index contributed by atoms with van der Waals surface area (Å²) in [4.78, 5) is 17.0. The quantitative estimate of drug-likeness (QED) is 0.378. The number of aromatic nitrogens is 1. The number of carbonyl (C=O) groups is 1. The van der Waals surface area contributed by atoms with Crippen LogP contribution < -0.4 is 10.1 Å². The number of aryl methyl sites for hydroxylation is 3. The highest BCUT2D eigenvalue weighted by Crippen LogP contribution is 2.27. The lowest BCUT2D eigenvalue weighted by molar-refractivity contribution is 0.102. The molecule has 0 aliphatic carbocycles. The minimum atomic E-state index is -0.208. The lowest BCUT2D eigenvalue weighted by atomic mass is 10.1. The van der Waals surface area contributed by atoms with Crippen LogP contribution in [0.1, 0.15) is 32.7 Å². The third-order valence-corrected chi connectivity index (χ3v) is 5.94. The number of benzene rings is 3. The molecule has 0 atom stereocenters. The van der Waals surface area contributed by atoms with Crippen molar-refractivity contribution in [2.24, 2.45) is 0 Å². The molecule has 0 radical (unpaired) electrons. The minimum absolute atomic E-state index is 0.208. The van der Waals surface area contributed by atoms with E-state index in [9.17, 15) is 4.79 Å². The van der Waals surface area contributed by atoms with Crippen molar-refractivity contribution in [1.29, 1.82) is 0 Å². The molecule has 1 heterocycles. The van der Waals surface area contributed by atoms with Crippen LogP contribution in [-0.4, -0.2) is 10.9 Å². The van der Waals surface area contributed by atoms with Crippen LogP contribution in [0.15, 0.2) is 72.1 Å². The number of hydrogen-bond acceptors (Lipinski definition) is 4. The number of nitrogens with one attached hydrogen (secondary N) is 1. The van der Waals surface area contributed by atoms with E-state index < -0.39 is 0 Å². The molecular formula is C26H24N2O2S. The first-order chi connectivity index (χ1) is 15.0. The molecule has 0 bridgehead atoms. The van der Waals surface area contributed by atoms with Gasteiger partial charge in [-0.25, -0.2) is 4.98 Å². The molecule has 5 heteroatoms. The lowest BCUT2D eigenvalue weighted by Crippen LogP contribution is -2.12. The summed E-state index contributed by atoms with van der Waals surface area (Å²) in [6, 6.07) is 21.9. The first-order valence-electron chi connectivity index (χ1n) is 10.1. The Morgan fingerprint density at radius 3 is 2.39 bits per heavy atom. The zero-order valence-corrected chi connectivity index (χ0v) is 18.6. The molecule has 1 aromatic heterocycles. The van der Waals surface area contributed by atoms with Gasteiger partial charge in [0.2, 0.25) is 0 Å². The maximum absolute atomic E-state index is 12.5. The van der Waals surface area contributed by atoms with Gasteiger partial charge in [0.05, 0.1) is 0 Å². The smallest absolute Gasteiger partial charge is 0.275 e. The average molecular weight is 429 g/mol. The van der Waals surface area contributed by atoms with Crippen molar-refractivity contribution in [3.63, 3.8) is 0 Å². The van der Waals surface area contributed by atoms with Gasteiger partial charge < -0.3 is 10.1 Å². The predicted molar refractivity (Wildman–Crippen MR) is 127 cm³/mol. The fourth-order valence-corrected chi connectivity index (χ4v) is 3.96. The molecule has 0 fully saturated rings. The standard InChI is InChI=1S/C26H24N2O2S/c1-17-5-10-22(11-6-17)27-25(29)24-16-31-26(28-24)20-8-12-23(13-9-20)30-15-21-14-18(2)4-7-19(21)3/h4-14,16H,15H2,1-3H3,(H,27,29). The van der Waals surface area contributed by atoms with Crippen LogP contribution in [0.4, 0.5) is 5.69 Å². The molecule has 4 nitrogen and oxygen atoms in total. The van der Waals surface area contributed by atoms with E-state index in [1.165, 1.54) is 28.0 Å². The summed E-state index contributed by atoms with van der Waals surface area (Å²) in [6.07, 6.45) is 0. The van der Waals surface area contributed by atoms with Crippen LogP contribution >= 0.6 is 11.3 Å². The number of hydrogen-bond donors (Lipinski definition) is 1. The number of ether oxygens (including phenoxy) is 1. The molecule has 4 aromatic rings. The topological polar surface area (TPSA) is 51.2 Å². The summed E-state index contributed by atoms with van der Waals surface area (Å²) in [6.45, 7) is 6.73. The highest BCUT2D eigenvalue weighted by atomic mass is 32.1. The monoisotopic (exact) mass is 428 g/mol. The second kappa shape index (κ2) is 9.14. The van der Waals surface area contributed by atoms with E-state index in [0.717, 1.165) is 27.6 Å². The number of nitrogens with zero attached hydrogens (tertiary/aromatic N) is 1. The Balaban J connectivity index is 1.40. The van der Waals surface area contributed by atoms with Crippen molar-refractivity contribution >= 4 is 22.9 Å². The number of thiazole rings is 1. The van der Waals surface area contributed by atoms with Gasteiger partial charge in [0, 0.05) is 16.6 Å².